The van der Waals surface area contributed by atoms with E-state index in [0.717, 1.165) is 24.7 Å². The summed E-state index contributed by atoms with van der Waals surface area (Å²) in [5, 5.41) is 11.3. The first-order valence-corrected chi connectivity index (χ1v) is 9.33. The Labute approximate surface area is 181 Å². The molecule has 0 aliphatic rings. The number of aromatic nitrogens is 2. The zero-order valence-corrected chi connectivity index (χ0v) is 20.0. The van der Waals surface area contributed by atoms with E-state index in [-0.39, 0.29) is 29.4 Å². The molecule has 2 rings (SSSR count). The Kier molecular flexibility index (Phi) is 8.78. The molecule has 0 atom stereocenters. The van der Waals surface area contributed by atoms with E-state index in [2.05, 4.69) is 74.6 Å². The Bertz CT molecular complexity index is 777. The molecule has 6 heteroatoms. The van der Waals surface area contributed by atoms with Crippen LogP contribution < -0.4 is 10.6 Å². The molecular weight excluding hydrogens is 449 g/mol. The largest absolute Gasteiger partial charge is 0.357 e. The number of nitrogens with zero attached hydrogens (tertiary/aromatic N) is 3. The first-order valence-electron chi connectivity index (χ1n) is 9.33. The molecule has 0 spiro atoms. The summed E-state index contributed by atoms with van der Waals surface area (Å²) in [5.41, 5.74) is 6.05. The molecule has 2 aromatic rings. The highest BCUT2D eigenvalue weighted by Gasteiger charge is 2.21. The van der Waals surface area contributed by atoms with Crippen molar-refractivity contribution >= 4 is 29.9 Å². The van der Waals surface area contributed by atoms with Crippen LogP contribution >= 0.6 is 24.0 Å². The lowest BCUT2D eigenvalue weighted by atomic mass is 9.84. The van der Waals surface area contributed by atoms with Gasteiger partial charge in [0.05, 0.1) is 12.2 Å². The van der Waals surface area contributed by atoms with Crippen molar-refractivity contribution in [2.45, 2.75) is 53.5 Å². The normalized spacial score (nSPS) is 11.9. The topological polar surface area (TPSA) is 54.2 Å². The second-order valence-corrected chi connectivity index (χ2v) is 7.58. The zero-order valence-electron chi connectivity index (χ0n) is 17.7. The van der Waals surface area contributed by atoms with Gasteiger partial charge < -0.3 is 10.6 Å². The lowest BCUT2D eigenvalue weighted by molar-refractivity contribution is 0.508. The molecule has 0 aliphatic carbocycles. The average molecular weight is 483 g/mol. The molecule has 5 nitrogen and oxygen atoms in total. The fraction of sp³-hybridized carbons (Fsp3) is 0.524. The SMILES string of the molecule is CCNC(=NCc1c(C)nn(C)c1C)NCC(C)(C)c1cccc(C)c1.I. The van der Waals surface area contributed by atoms with Gasteiger partial charge in [-0.1, -0.05) is 43.7 Å². The van der Waals surface area contributed by atoms with Crippen LogP contribution in [0.2, 0.25) is 0 Å². The van der Waals surface area contributed by atoms with Gasteiger partial charge in [0.1, 0.15) is 0 Å². The lowest BCUT2D eigenvalue weighted by Gasteiger charge is -2.27. The van der Waals surface area contributed by atoms with Crippen LogP contribution in [0.1, 0.15) is 48.8 Å². The molecule has 1 aromatic heterocycles. The van der Waals surface area contributed by atoms with Crippen LogP contribution in [0.3, 0.4) is 0 Å². The van der Waals surface area contributed by atoms with Crippen LogP contribution in [0.25, 0.3) is 0 Å². The number of hydrogen-bond acceptors (Lipinski definition) is 2. The van der Waals surface area contributed by atoms with Crippen LogP contribution in [0.15, 0.2) is 29.3 Å². The average Bonchev–Trinajstić information content (AvgIpc) is 2.83. The van der Waals surface area contributed by atoms with Crippen molar-refractivity contribution < 1.29 is 0 Å². The van der Waals surface area contributed by atoms with E-state index >= 15 is 0 Å². The number of halogens is 1. The molecule has 0 amide bonds. The van der Waals surface area contributed by atoms with Gasteiger partial charge in [0, 0.05) is 36.8 Å². The van der Waals surface area contributed by atoms with Crippen molar-refractivity contribution in [2.75, 3.05) is 13.1 Å². The fourth-order valence-corrected chi connectivity index (χ4v) is 3.02. The van der Waals surface area contributed by atoms with Crippen molar-refractivity contribution in [1.82, 2.24) is 20.4 Å². The monoisotopic (exact) mass is 483 g/mol. The second-order valence-electron chi connectivity index (χ2n) is 7.58. The quantitative estimate of drug-likeness (QED) is 0.371. The summed E-state index contributed by atoms with van der Waals surface area (Å²) in [4.78, 5) is 4.77. The number of hydrogen-bond donors (Lipinski definition) is 2. The number of nitrogens with one attached hydrogen (secondary N) is 2. The van der Waals surface area contributed by atoms with E-state index < -0.39 is 0 Å². The highest BCUT2D eigenvalue weighted by Crippen LogP contribution is 2.23. The summed E-state index contributed by atoms with van der Waals surface area (Å²) < 4.78 is 1.92. The van der Waals surface area contributed by atoms with E-state index in [1.807, 2.05) is 18.7 Å². The minimum Gasteiger partial charge on any atom is -0.357 e. The van der Waals surface area contributed by atoms with Crippen LogP contribution in [0.4, 0.5) is 0 Å². The highest BCUT2D eigenvalue weighted by atomic mass is 127. The third-order valence-electron chi connectivity index (χ3n) is 4.90. The third kappa shape index (κ3) is 6.23. The second kappa shape index (κ2) is 10.1. The molecule has 150 valence electrons. The van der Waals surface area contributed by atoms with Gasteiger partial charge in [-0.05, 0) is 33.3 Å². The molecule has 0 radical (unpaired) electrons. The molecular formula is C21H34IN5. The summed E-state index contributed by atoms with van der Waals surface area (Å²) in [6.45, 7) is 15.1. The summed E-state index contributed by atoms with van der Waals surface area (Å²) in [5.74, 6) is 0.843. The van der Waals surface area contributed by atoms with Crippen molar-refractivity contribution in [3.63, 3.8) is 0 Å². The molecule has 1 aromatic carbocycles. The summed E-state index contributed by atoms with van der Waals surface area (Å²) in [6.07, 6.45) is 0. The number of aryl methyl sites for hydroxylation is 3. The fourth-order valence-electron chi connectivity index (χ4n) is 3.02. The molecule has 0 unspecified atom stereocenters. The van der Waals surface area contributed by atoms with Crippen LogP contribution in [-0.2, 0) is 19.0 Å². The van der Waals surface area contributed by atoms with Gasteiger partial charge in [-0.3, -0.25) is 4.68 Å². The number of guanidine groups is 1. The minimum absolute atomic E-state index is 0. The summed E-state index contributed by atoms with van der Waals surface area (Å²) in [6, 6.07) is 8.71. The van der Waals surface area contributed by atoms with Crippen molar-refractivity contribution in [1.29, 1.82) is 0 Å². The molecule has 2 N–H and O–H groups in total. The number of rotatable bonds is 6. The molecule has 0 saturated carbocycles. The third-order valence-corrected chi connectivity index (χ3v) is 4.90. The molecule has 27 heavy (non-hydrogen) atoms. The van der Waals surface area contributed by atoms with Crippen molar-refractivity contribution in [3.8, 4) is 0 Å². The number of benzene rings is 1. The highest BCUT2D eigenvalue weighted by molar-refractivity contribution is 14.0. The van der Waals surface area contributed by atoms with Crippen LogP contribution in [0, 0.1) is 20.8 Å². The van der Waals surface area contributed by atoms with Gasteiger partial charge in [0.15, 0.2) is 5.96 Å². The Hall–Kier alpha value is -1.57. The Balaban J connectivity index is 0.00000364. The Morgan fingerprint density at radius 1 is 1.19 bits per heavy atom. The number of aliphatic imine (C=N–C) groups is 1. The first kappa shape index (κ1) is 23.5. The summed E-state index contributed by atoms with van der Waals surface area (Å²) >= 11 is 0. The molecule has 0 saturated heterocycles. The lowest BCUT2D eigenvalue weighted by Crippen LogP contribution is -2.43. The maximum absolute atomic E-state index is 4.77. The van der Waals surface area contributed by atoms with Gasteiger partial charge >= 0.3 is 0 Å². The first-order chi connectivity index (χ1) is 12.2. The van der Waals surface area contributed by atoms with E-state index in [4.69, 9.17) is 4.99 Å². The van der Waals surface area contributed by atoms with Gasteiger partial charge in [0.25, 0.3) is 0 Å². The Morgan fingerprint density at radius 2 is 1.89 bits per heavy atom. The predicted molar refractivity (Wildman–Crippen MR) is 125 cm³/mol. The maximum Gasteiger partial charge on any atom is 0.191 e. The van der Waals surface area contributed by atoms with Crippen LogP contribution in [-0.4, -0.2) is 28.8 Å². The molecule has 0 aliphatic heterocycles. The van der Waals surface area contributed by atoms with E-state index in [0.29, 0.717) is 6.54 Å². The van der Waals surface area contributed by atoms with Gasteiger partial charge in [-0.25, -0.2) is 4.99 Å². The van der Waals surface area contributed by atoms with E-state index in [1.165, 1.54) is 22.4 Å². The maximum atomic E-state index is 4.77. The smallest absolute Gasteiger partial charge is 0.191 e. The van der Waals surface area contributed by atoms with E-state index in [9.17, 15) is 0 Å². The minimum atomic E-state index is 0. The van der Waals surface area contributed by atoms with Crippen molar-refractivity contribution in [2.24, 2.45) is 12.0 Å². The van der Waals surface area contributed by atoms with Crippen molar-refractivity contribution in [3.05, 3.63) is 52.3 Å². The molecule has 0 fully saturated rings. The Morgan fingerprint density at radius 3 is 2.44 bits per heavy atom. The summed E-state index contributed by atoms with van der Waals surface area (Å²) in [7, 11) is 1.98. The zero-order chi connectivity index (χ0) is 19.3. The van der Waals surface area contributed by atoms with E-state index in [1.54, 1.807) is 0 Å². The van der Waals surface area contributed by atoms with Crippen LogP contribution in [0.5, 0.6) is 0 Å². The van der Waals surface area contributed by atoms with Gasteiger partial charge in [0.2, 0.25) is 0 Å². The molecule has 1 heterocycles. The van der Waals surface area contributed by atoms with Gasteiger partial charge in [-0.2, -0.15) is 5.10 Å². The van der Waals surface area contributed by atoms with Gasteiger partial charge in [-0.15, -0.1) is 24.0 Å². The standard InChI is InChI=1S/C21H33N5.HI/c1-8-22-20(23-13-19-16(3)25-26(7)17(19)4)24-14-21(5,6)18-11-9-10-15(2)12-18;/h9-12H,8,13-14H2,1-7H3,(H2,22,23,24);1H. The predicted octanol–water partition coefficient (Wildman–Crippen LogP) is 4.00. The molecule has 0 bridgehead atoms.